The van der Waals surface area contributed by atoms with E-state index in [4.69, 9.17) is 4.74 Å². The zero-order chi connectivity index (χ0) is 16.5. The van der Waals surface area contributed by atoms with Crippen LogP contribution in [0.5, 0.6) is 5.75 Å². The van der Waals surface area contributed by atoms with Crippen LogP contribution in [-0.2, 0) is 10.5 Å². The molecule has 2 rings (SSSR count). The number of rotatable bonds is 8. The van der Waals surface area contributed by atoms with E-state index >= 15 is 0 Å². The summed E-state index contributed by atoms with van der Waals surface area (Å²) in [5.41, 5.74) is 3.26. The molecular formula is C19H21NO2S. The van der Waals surface area contributed by atoms with Crippen LogP contribution in [0.3, 0.4) is 0 Å². The Morgan fingerprint density at radius 2 is 2.04 bits per heavy atom. The molecule has 120 valence electrons. The molecule has 0 aliphatic carbocycles. The first-order valence-electron chi connectivity index (χ1n) is 7.44. The monoisotopic (exact) mass is 327 g/mol. The molecule has 0 aromatic heterocycles. The van der Waals surface area contributed by atoms with Gasteiger partial charge in [-0.15, -0.1) is 11.8 Å². The molecular weight excluding hydrogens is 306 g/mol. The van der Waals surface area contributed by atoms with Crippen molar-refractivity contribution in [2.45, 2.75) is 12.7 Å². The minimum atomic E-state index is 0.00223. The number of hydrogen-bond donors (Lipinski definition) is 1. The van der Waals surface area contributed by atoms with Crippen LogP contribution < -0.4 is 10.1 Å². The Kier molecular flexibility index (Phi) is 6.76. The summed E-state index contributed by atoms with van der Waals surface area (Å²) in [5.74, 6) is 2.03. The summed E-state index contributed by atoms with van der Waals surface area (Å²) in [7, 11) is 0. The molecule has 0 atom stereocenters. The molecule has 0 spiro atoms. The van der Waals surface area contributed by atoms with Gasteiger partial charge in [0.25, 0.3) is 0 Å². The topological polar surface area (TPSA) is 38.3 Å². The second kappa shape index (κ2) is 9.06. The molecule has 1 amide bonds. The first-order chi connectivity index (χ1) is 11.2. The number of carbonyl (C=O) groups excluding carboxylic acids is 1. The molecule has 1 N–H and O–H groups in total. The predicted octanol–water partition coefficient (Wildman–Crippen LogP) is 4.43. The van der Waals surface area contributed by atoms with E-state index in [1.807, 2.05) is 30.3 Å². The number of ether oxygens (including phenoxy) is 1. The highest BCUT2D eigenvalue weighted by Gasteiger charge is 2.03. The van der Waals surface area contributed by atoms with Crippen LogP contribution in [0.25, 0.3) is 0 Å². The molecule has 4 heteroatoms. The van der Waals surface area contributed by atoms with Crippen molar-refractivity contribution in [2.75, 3.05) is 17.7 Å². The third-order valence-corrected chi connectivity index (χ3v) is 4.09. The van der Waals surface area contributed by atoms with Gasteiger partial charge in [0.15, 0.2) is 0 Å². The summed E-state index contributed by atoms with van der Waals surface area (Å²) in [4.78, 5) is 12.0. The fourth-order valence-corrected chi connectivity index (χ4v) is 2.83. The van der Waals surface area contributed by atoms with E-state index < -0.39 is 0 Å². The number of amides is 1. The third kappa shape index (κ3) is 6.20. The van der Waals surface area contributed by atoms with E-state index in [2.05, 4.69) is 37.0 Å². The Labute approximate surface area is 141 Å². The van der Waals surface area contributed by atoms with Gasteiger partial charge in [-0.3, -0.25) is 4.79 Å². The quantitative estimate of drug-likeness (QED) is 0.729. The van der Waals surface area contributed by atoms with Crippen molar-refractivity contribution in [2.24, 2.45) is 0 Å². The van der Waals surface area contributed by atoms with Crippen molar-refractivity contribution in [3.63, 3.8) is 0 Å². The number of carbonyl (C=O) groups is 1. The lowest BCUT2D eigenvalue weighted by Gasteiger charge is -2.07. The maximum atomic E-state index is 12.0. The Morgan fingerprint density at radius 1 is 1.26 bits per heavy atom. The van der Waals surface area contributed by atoms with Crippen molar-refractivity contribution in [3.8, 4) is 5.75 Å². The van der Waals surface area contributed by atoms with Crippen LogP contribution in [0.2, 0.25) is 0 Å². The molecule has 0 unspecified atom stereocenters. The van der Waals surface area contributed by atoms with Gasteiger partial charge in [0.05, 0.1) is 5.75 Å². The lowest BCUT2D eigenvalue weighted by Crippen LogP contribution is -2.14. The molecule has 2 aromatic carbocycles. The van der Waals surface area contributed by atoms with Crippen molar-refractivity contribution in [3.05, 3.63) is 72.3 Å². The van der Waals surface area contributed by atoms with E-state index in [1.54, 1.807) is 17.8 Å². The summed E-state index contributed by atoms with van der Waals surface area (Å²) in [6, 6.07) is 15.7. The van der Waals surface area contributed by atoms with Crippen LogP contribution in [0.4, 0.5) is 5.69 Å². The van der Waals surface area contributed by atoms with Crippen LogP contribution in [-0.4, -0.2) is 18.3 Å². The Morgan fingerprint density at radius 3 is 2.74 bits per heavy atom. The first-order valence-corrected chi connectivity index (χ1v) is 8.60. The molecule has 2 aromatic rings. The first kappa shape index (κ1) is 17.2. The second-order valence-corrected chi connectivity index (χ2v) is 6.14. The Hall–Kier alpha value is -2.20. The molecule has 0 heterocycles. The van der Waals surface area contributed by atoms with Gasteiger partial charge in [-0.25, -0.2) is 0 Å². The van der Waals surface area contributed by atoms with E-state index in [9.17, 15) is 4.79 Å². The number of aryl methyl sites for hydroxylation is 1. The number of anilines is 1. The smallest absolute Gasteiger partial charge is 0.234 e. The molecule has 0 saturated heterocycles. The molecule has 0 bridgehead atoms. The molecule has 0 fully saturated rings. The maximum Gasteiger partial charge on any atom is 0.234 e. The minimum absolute atomic E-state index is 0.00223. The number of nitrogens with one attached hydrogen (secondary N) is 1. The van der Waals surface area contributed by atoms with Crippen LogP contribution in [0, 0.1) is 6.92 Å². The van der Waals surface area contributed by atoms with Gasteiger partial charge in [0, 0.05) is 11.4 Å². The Balaban J connectivity index is 1.75. The summed E-state index contributed by atoms with van der Waals surface area (Å²) in [6.45, 7) is 6.15. The number of benzene rings is 2. The molecule has 23 heavy (non-hydrogen) atoms. The van der Waals surface area contributed by atoms with Gasteiger partial charge in [-0.2, -0.15) is 0 Å². The molecule has 0 saturated carbocycles. The lowest BCUT2D eigenvalue weighted by molar-refractivity contribution is -0.113. The zero-order valence-electron chi connectivity index (χ0n) is 13.2. The zero-order valence-corrected chi connectivity index (χ0v) is 14.1. The lowest BCUT2D eigenvalue weighted by atomic mass is 10.2. The normalized spacial score (nSPS) is 10.1. The fraction of sp³-hybridized carbons (Fsp3) is 0.211. The SMILES string of the molecule is C=CCOc1ccc(NC(=O)CSCc2cccc(C)c2)cc1. The maximum absolute atomic E-state index is 12.0. The van der Waals surface area contributed by atoms with Gasteiger partial charge in [-0.05, 0) is 36.8 Å². The van der Waals surface area contributed by atoms with Gasteiger partial charge in [0.2, 0.25) is 5.91 Å². The second-order valence-electron chi connectivity index (χ2n) is 5.15. The standard InChI is InChI=1S/C19H21NO2S/c1-3-11-22-18-9-7-17(8-10-18)20-19(21)14-23-13-16-6-4-5-15(2)12-16/h3-10,12H,1,11,13-14H2,2H3,(H,20,21). The highest BCUT2D eigenvalue weighted by Crippen LogP contribution is 2.17. The third-order valence-electron chi connectivity index (χ3n) is 3.09. The molecule has 0 radical (unpaired) electrons. The average molecular weight is 327 g/mol. The summed E-state index contributed by atoms with van der Waals surface area (Å²) in [6.07, 6.45) is 1.70. The van der Waals surface area contributed by atoms with Gasteiger partial charge < -0.3 is 10.1 Å². The van der Waals surface area contributed by atoms with E-state index in [0.29, 0.717) is 12.4 Å². The van der Waals surface area contributed by atoms with Crippen molar-refractivity contribution < 1.29 is 9.53 Å². The van der Waals surface area contributed by atoms with E-state index in [0.717, 1.165) is 17.2 Å². The minimum Gasteiger partial charge on any atom is -0.490 e. The Bertz CT molecular complexity index is 653. The van der Waals surface area contributed by atoms with Crippen LogP contribution in [0.15, 0.2) is 61.2 Å². The average Bonchev–Trinajstić information content (AvgIpc) is 2.54. The van der Waals surface area contributed by atoms with Gasteiger partial charge in [-0.1, -0.05) is 42.5 Å². The summed E-state index contributed by atoms with van der Waals surface area (Å²) >= 11 is 1.61. The fourth-order valence-electron chi connectivity index (χ4n) is 2.05. The number of hydrogen-bond acceptors (Lipinski definition) is 3. The molecule has 3 nitrogen and oxygen atoms in total. The number of thioether (sulfide) groups is 1. The van der Waals surface area contributed by atoms with Crippen molar-refractivity contribution in [1.29, 1.82) is 0 Å². The predicted molar refractivity (Wildman–Crippen MR) is 98.1 cm³/mol. The highest BCUT2D eigenvalue weighted by molar-refractivity contribution is 7.99. The van der Waals surface area contributed by atoms with Gasteiger partial charge >= 0.3 is 0 Å². The van der Waals surface area contributed by atoms with E-state index in [-0.39, 0.29) is 5.91 Å². The summed E-state index contributed by atoms with van der Waals surface area (Å²) in [5, 5.41) is 2.89. The van der Waals surface area contributed by atoms with E-state index in [1.165, 1.54) is 11.1 Å². The van der Waals surface area contributed by atoms with Gasteiger partial charge in [0.1, 0.15) is 12.4 Å². The van der Waals surface area contributed by atoms with Crippen molar-refractivity contribution >= 4 is 23.4 Å². The highest BCUT2D eigenvalue weighted by atomic mass is 32.2. The van der Waals surface area contributed by atoms with Crippen LogP contribution >= 0.6 is 11.8 Å². The molecule has 0 aliphatic rings. The van der Waals surface area contributed by atoms with Crippen molar-refractivity contribution in [1.82, 2.24) is 0 Å². The molecule has 0 aliphatic heterocycles. The summed E-state index contributed by atoms with van der Waals surface area (Å²) < 4.78 is 5.40. The van der Waals surface area contributed by atoms with Crippen LogP contribution in [0.1, 0.15) is 11.1 Å². The largest absolute Gasteiger partial charge is 0.490 e.